The third-order valence-corrected chi connectivity index (χ3v) is 4.12. The summed E-state index contributed by atoms with van der Waals surface area (Å²) in [7, 11) is 0. The van der Waals surface area contributed by atoms with Crippen LogP contribution in [0.15, 0.2) is 18.2 Å². The number of rotatable bonds is 3. The molecule has 2 rings (SSSR count). The minimum Gasteiger partial charge on any atom is -0.388 e. The summed E-state index contributed by atoms with van der Waals surface area (Å²) in [6.45, 7) is 4.73. The largest absolute Gasteiger partial charge is 0.388 e. The van der Waals surface area contributed by atoms with Gasteiger partial charge >= 0.3 is 0 Å². The van der Waals surface area contributed by atoms with E-state index in [1.807, 2.05) is 17.9 Å². The van der Waals surface area contributed by atoms with Crippen LogP contribution in [0, 0.1) is 17.1 Å². The number of hydrogen-bond acceptors (Lipinski definition) is 3. The number of anilines is 1. The van der Waals surface area contributed by atoms with Crippen molar-refractivity contribution in [1.29, 1.82) is 5.26 Å². The number of halogens is 1. The van der Waals surface area contributed by atoms with Crippen molar-refractivity contribution in [2.75, 3.05) is 11.4 Å². The maximum Gasteiger partial charge on any atom is 0.143 e. The van der Waals surface area contributed by atoms with E-state index in [0.29, 0.717) is 13.0 Å². The highest BCUT2D eigenvalue weighted by Gasteiger charge is 2.42. The molecule has 1 heterocycles. The van der Waals surface area contributed by atoms with Crippen LogP contribution >= 0.6 is 0 Å². The van der Waals surface area contributed by atoms with Gasteiger partial charge in [0.15, 0.2) is 0 Å². The van der Waals surface area contributed by atoms with Crippen LogP contribution in [0.5, 0.6) is 0 Å². The van der Waals surface area contributed by atoms with E-state index in [1.165, 1.54) is 12.1 Å². The van der Waals surface area contributed by atoms with Crippen LogP contribution in [0.2, 0.25) is 0 Å². The van der Waals surface area contributed by atoms with Crippen LogP contribution in [-0.2, 0) is 0 Å². The van der Waals surface area contributed by atoms with Gasteiger partial charge in [-0.2, -0.15) is 5.26 Å². The monoisotopic (exact) mass is 262 g/mol. The van der Waals surface area contributed by atoms with Gasteiger partial charge in [0, 0.05) is 12.2 Å². The summed E-state index contributed by atoms with van der Waals surface area (Å²) in [5.74, 6) is -0.502. The molecule has 4 heteroatoms. The minimum atomic E-state index is -0.695. The summed E-state index contributed by atoms with van der Waals surface area (Å²) >= 11 is 0. The molecule has 1 aromatic carbocycles. The lowest BCUT2D eigenvalue weighted by atomic mass is 9.90. The summed E-state index contributed by atoms with van der Waals surface area (Å²) in [5.41, 5.74) is 0.0921. The number of benzene rings is 1. The van der Waals surface area contributed by atoms with Gasteiger partial charge in [-0.1, -0.05) is 13.3 Å². The summed E-state index contributed by atoms with van der Waals surface area (Å²) in [5, 5.41) is 19.3. The Morgan fingerprint density at radius 1 is 1.58 bits per heavy atom. The maximum absolute atomic E-state index is 13.7. The van der Waals surface area contributed by atoms with Gasteiger partial charge in [0.2, 0.25) is 0 Å². The molecule has 0 radical (unpaired) electrons. The number of nitrogens with zero attached hydrogens (tertiary/aromatic N) is 2. The molecule has 1 fully saturated rings. The molecule has 1 saturated heterocycles. The Labute approximate surface area is 113 Å². The van der Waals surface area contributed by atoms with Crippen molar-refractivity contribution in [1.82, 2.24) is 0 Å². The second-order valence-electron chi connectivity index (χ2n) is 5.25. The first-order chi connectivity index (χ1) is 9.01. The van der Waals surface area contributed by atoms with Gasteiger partial charge in [-0.25, -0.2) is 4.39 Å². The normalized spacial score (nSPS) is 26.5. The molecule has 1 aliphatic heterocycles. The van der Waals surface area contributed by atoms with Gasteiger partial charge in [-0.05, 0) is 38.0 Å². The Balaban J connectivity index is 2.25. The molecule has 1 aliphatic rings. The van der Waals surface area contributed by atoms with Crippen molar-refractivity contribution in [2.24, 2.45) is 0 Å². The molecular formula is C15H19FN2O. The average molecular weight is 262 g/mol. The highest BCUT2D eigenvalue weighted by atomic mass is 19.1. The Morgan fingerprint density at radius 3 is 2.89 bits per heavy atom. The zero-order valence-corrected chi connectivity index (χ0v) is 11.4. The average Bonchev–Trinajstić information content (AvgIpc) is 2.67. The van der Waals surface area contributed by atoms with Crippen molar-refractivity contribution in [2.45, 2.75) is 44.8 Å². The summed E-state index contributed by atoms with van der Waals surface area (Å²) < 4.78 is 13.7. The highest BCUT2D eigenvalue weighted by molar-refractivity contribution is 5.52. The van der Waals surface area contributed by atoms with Gasteiger partial charge in [-0.3, -0.25) is 0 Å². The van der Waals surface area contributed by atoms with E-state index in [1.54, 1.807) is 6.07 Å². The predicted octanol–water partition coefficient (Wildman–Crippen LogP) is 2.83. The number of hydrogen-bond donors (Lipinski definition) is 1. The van der Waals surface area contributed by atoms with E-state index in [2.05, 4.69) is 6.92 Å². The smallest absolute Gasteiger partial charge is 0.143 e. The Hall–Kier alpha value is -1.60. The topological polar surface area (TPSA) is 47.3 Å². The van der Waals surface area contributed by atoms with Crippen LogP contribution in [0.4, 0.5) is 10.1 Å². The first-order valence-electron chi connectivity index (χ1n) is 6.70. The number of aliphatic hydroxyl groups is 1. The number of nitriles is 1. The lowest BCUT2D eigenvalue weighted by Crippen LogP contribution is -2.42. The summed E-state index contributed by atoms with van der Waals surface area (Å²) in [6.07, 6.45) is 2.38. The van der Waals surface area contributed by atoms with Crippen LogP contribution in [0.1, 0.15) is 38.7 Å². The Morgan fingerprint density at radius 2 is 2.32 bits per heavy atom. The first kappa shape index (κ1) is 13.8. The molecule has 19 heavy (non-hydrogen) atoms. The fraction of sp³-hybridized carbons (Fsp3) is 0.533. The molecule has 0 amide bonds. The first-order valence-corrected chi connectivity index (χ1v) is 6.70. The molecule has 2 unspecified atom stereocenters. The van der Waals surface area contributed by atoms with Gasteiger partial charge in [0.05, 0.1) is 17.2 Å². The van der Waals surface area contributed by atoms with Crippen LogP contribution in [-0.4, -0.2) is 23.3 Å². The highest BCUT2D eigenvalue weighted by Crippen LogP contribution is 2.36. The second kappa shape index (κ2) is 5.18. The molecule has 0 bridgehead atoms. The van der Waals surface area contributed by atoms with Crippen molar-refractivity contribution < 1.29 is 9.50 Å². The maximum atomic E-state index is 13.7. The molecule has 0 spiro atoms. The molecule has 1 aromatic rings. The predicted molar refractivity (Wildman–Crippen MR) is 72.4 cm³/mol. The third kappa shape index (κ3) is 2.43. The Kier molecular flexibility index (Phi) is 3.77. The molecule has 1 N–H and O–H groups in total. The summed E-state index contributed by atoms with van der Waals surface area (Å²) in [6, 6.07) is 6.40. The zero-order valence-electron chi connectivity index (χ0n) is 11.4. The van der Waals surface area contributed by atoms with Crippen molar-refractivity contribution in [3.8, 4) is 6.07 Å². The molecule has 0 saturated carbocycles. The Bertz CT molecular complexity index is 511. The molecule has 3 nitrogen and oxygen atoms in total. The van der Waals surface area contributed by atoms with Gasteiger partial charge in [0.25, 0.3) is 0 Å². The lowest BCUT2D eigenvalue weighted by Gasteiger charge is -2.32. The van der Waals surface area contributed by atoms with Crippen molar-refractivity contribution >= 4 is 5.69 Å². The SMILES string of the molecule is CCCC1(O)CCN(c2ccc(C#N)c(F)c2)C1C. The standard InChI is InChI=1S/C15H19FN2O/c1-3-6-15(19)7-8-18(11(15)2)13-5-4-12(10-17)14(16)9-13/h4-5,9,11,19H,3,6-8H2,1-2H3. The van der Waals surface area contributed by atoms with E-state index >= 15 is 0 Å². The van der Waals surface area contributed by atoms with Crippen LogP contribution in [0.3, 0.4) is 0 Å². The lowest BCUT2D eigenvalue weighted by molar-refractivity contribution is 0.0273. The second-order valence-corrected chi connectivity index (χ2v) is 5.25. The minimum absolute atomic E-state index is 0.0419. The van der Waals surface area contributed by atoms with E-state index in [4.69, 9.17) is 5.26 Å². The van der Waals surface area contributed by atoms with Gasteiger partial charge < -0.3 is 10.0 Å². The van der Waals surface area contributed by atoms with E-state index in [-0.39, 0.29) is 11.6 Å². The van der Waals surface area contributed by atoms with Gasteiger partial charge in [0.1, 0.15) is 11.9 Å². The van der Waals surface area contributed by atoms with Gasteiger partial charge in [-0.15, -0.1) is 0 Å². The molecule has 0 aromatic heterocycles. The van der Waals surface area contributed by atoms with Crippen LogP contribution < -0.4 is 4.90 Å². The van der Waals surface area contributed by atoms with Crippen molar-refractivity contribution in [3.05, 3.63) is 29.6 Å². The van der Waals surface area contributed by atoms with E-state index in [0.717, 1.165) is 18.5 Å². The molecule has 0 aliphatic carbocycles. The van der Waals surface area contributed by atoms with E-state index < -0.39 is 11.4 Å². The fourth-order valence-electron chi connectivity index (χ4n) is 2.90. The summed E-state index contributed by atoms with van der Waals surface area (Å²) in [4.78, 5) is 2.01. The zero-order chi connectivity index (χ0) is 14.0. The van der Waals surface area contributed by atoms with Crippen molar-refractivity contribution in [3.63, 3.8) is 0 Å². The quantitative estimate of drug-likeness (QED) is 0.911. The third-order valence-electron chi connectivity index (χ3n) is 4.12. The van der Waals surface area contributed by atoms with Crippen LogP contribution in [0.25, 0.3) is 0 Å². The molecular weight excluding hydrogens is 243 g/mol. The fourth-order valence-corrected chi connectivity index (χ4v) is 2.90. The molecule has 2 atom stereocenters. The molecule has 102 valence electrons. The van der Waals surface area contributed by atoms with E-state index in [9.17, 15) is 9.50 Å².